The lowest BCUT2D eigenvalue weighted by Gasteiger charge is -2.19. The number of aliphatic hydroxyl groups is 2. The highest BCUT2D eigenvalue weighted by molar-refractivity contribution is 5.16. The maximum atomic E-state index is 9.52. The van der Waals surface area contributed by atoms with Gasteiger partial charge in [0.1, 0.15) is 0 Å². The zero-order chi connectivity index (χ0) is 14.2. The number of aliphatic hydroxyl groups excluding tert-OH is 1. The zero-order valence-electron chi connectivity index (χ0n) is 11.7. The summed E-state index contributed by atoms with van der Waals surface area (Å²) in [6.07, 6.45) is 2.14. The summed E-state index contributed by atoms with van der Waals surface area (Å²) in [7, 11) is 0. The summed E-state index contributed by atoms with van der Waals surface area (Å²) < 4.78 is 0. The number of benzene rings is 2. The van der Waals surface area contributed by atoms with Crippen LogP contribution in [0.4, 0.5) is 0 Å². The van der Waals surface area contributed by atoms with E-state index in [1.54, 1.807) is 0 Å². The molecule has 0 radical (unpaired) electrons. The Morgan fingerprint density at radius 2 is 1.05 bits per heavy atom. The van der Waals surface area contributed by atoms with Crippen LogP contribution in [0.25, 0.3) is 0 Å². The maximum absolute atomic E-state index is 9.52. The predicted octanol–water partition coefficient (Wildman–Crippen LogP) is 3.18. The fraction of sp³-hybridized carbons (Fsp3) is 0.333. The van der Waals surface area contributed by atoms with Gasteiger partial charge in [0.05, 0.1) is 0 Å². The van der Waals surface area contributed by atoms with Gasteiger partial charge in [0.25, 0.3) is 0 Å². The number of aryl methyl sites for hydroxylation is 2. The number of hydrogen-bond donors (Lipinski definition) is 2. The standard InChI is InChI=1S/C18H22O2/c19-18(20)17(13-11-15-7-3-1-4-8-15)14-12-16-9-5-2-6-10-16/h1-10,17-20H,11-14H2. The van der Waals surface area contributed by atoms with E-state index < -0.39 is 6.29 Å². The van der Waals surface area contributed by atoms with Gasteiger partial charge in [-0.05, 0) is 36.8 Å². The van der Waals surface area contributed by atoms with E-state index in [4.69, 9.17) is 0 Å². The Bertz CT molecular complexity index is 436. The fourth-order valence-corrected chi connectivity index (χ4v) is 2.44. The van der Waals surface area contributed by atoms with E-state index in [-0.39, 0.29) is 5.92 Å². The van der Waals surface area contributed by atoms with Crippen molar-refractivity contribution in [1.29, 1.82) is 0 Å². The third-order valence-corrected chi connectivity index (χ3v) is 3.71. The van der Waals surface area contributed by atoms with Gasteiger partial charge in [-0.15, -0.1) is 0 Å². The van der Waals surface area contributed by atoms with E-state index in [1.165, 1.54) is 11.1 Å². The molecule has 0 aliphatic rings. The molecule has 0 aromatic heterocycles. The third-order valence-electron chi connectivity index (χ3n) is 3.71. The Kier molecular flexibility index (Phi) is 5.78. The van der Waals surface area contributed by atoms with Gasteiger partial charge in [-0.3, -0.25) is 0 Å². The Balaban J connectivity index is 1.84. The Morgan fingerprint density at radius 1 is 0.650 bits per heavy atom. The number of hydrogen-bond acceptors (Lipinski definition) is 2. The molecule has 0 saturated heterocycles. The SMILES string of the molecule is OC(O)C(CCc1ccccc1)CCc1ccccc1. The Hall–Kier alpha value is -1.64. The lowest BCUT2D eigenvalue weighted by molar-refractivity contribution is -0.0877. The van der Waals surface area contributed by atoms with E-state index in [2.05, 4.69) is 24.3 Å². The monoisotopic (exact) mass is 270 g/mol. The first-order valence-corrected chi connectivity index (χ1v) is 7.19. The lowest BCUT2D eigenvalue weighted by Crippen LogP contribution is -2.21. The second-order valence-electron chi connectivity index (χ2n) is 5.22. The van der Waals surface area contributed by atoms with E-state index >= 15 is 0 Å². The van der Waals surface area contributed by atoms with Crippen LogP contribution in [0.15, 0.2) is 60.7 Å². The second kappa shape index (κ2) is 7.83. The molecule has 2 aromatic carbocycles. The molecule has 0 amide bonds. The normalized spacial score (nSPS) is 11.2. The molecule has 0 saturated carbocycles. The minimum Gasteiger partial charge on any atom is -0.368 e. The molecular weight excluding hydrogens is 248 g/mol. The first-order chi connectivity index (χ1) is 9.75. The summed E-state index contributed by atoms with van der Waals surface area (Å²) in [5.41, 5.74) is 2.50. The molecule has 2 rings (SSSR count). The molecule has 0 spiro atoms. The van der Waals surface area contributed by atoms with Crippen molar-refractivity contribution in [3.05, 3.63) is 71.8 Å². The van der Waals surface area contributed by atoms with E-state index in [9.17, 15) is 10.2 Å². The van der Waals surface area contributed by atoms with Crippen LogP contribution in [0.3, 0.4) is 0 Å². The molecule has 0 heterocycles. The van der Waals surface area contributed by atoms with Gasteiger partial charge in [0.15, 0.2) is 6.29 Å². The molecule has 0 aliphatic carbocycles. The highest BCUT2D eigenvalue weighted by Crippen LogP contribution is 2.19. The minimum absolute atomic E-state index is 0.0737. The van der Waals surface area contributed by atoms with Crippen LogP contribution in [0.5, 0.6) is 0 Å². The minimum atomic E-state index is -1.23. The van der Waals surface area contributed by atoms with Crippen LogP contribution in [0.1, 0.15) is 24.0 Å². The first kappa shape index (κ1) is 14.8. The Labute approximate surface area is 120 Å². The predicted molar refractivity (Wildman–Crippen MR) is 81.2 cm³/mol. The molecule has 20 heavy (non-hydrogen) atoms. The molecule has 0 aliphatic heterocycles. The molecule has 0 bridgehead atoms. The van der Waals surface area contributed by atoms with Crippen LogP contribution in [0, 0.1) is 5.92 Å². The first-order valence-electron chi connectivity index (χ1n) is 7.19. The van der Waals surface area contributed by atoms with E-state index in [0.717, 1.165) is 25.7 Å². The largest absolute Gasteiger partial charge is 0.368 e. The highest BCUT2D eigenvalue weighted by atomic mass is 16.5. The van der Waals surface area contributed by atoms with Crippen LogP contribution < -0.4 is 0 Å². The van der Waals surface area contributed by atoms with Crippen molar-refractivity contribution in [3.8, 4) is 0 Å². The molecule has 0 atom stereocenters. The Morgan fingerprint density at radius 3 is 1.40 bits per heavy atom. The van der Waals surface area contributed by atoms with Gasteiger partial charge in [-0.2, -0.15) is 0 Å². The summed E-state index contributed by atoms with van der Waals surface area (Å²) >= 11 is 0. The third kappa shape index (κ3) is 4.80. The summed E-state index contributed by atoms with van der Waals surface area (Å²) in [6.45, 7) is 0. The maximum Gasteiger partial charge on any atom is 0.154 e. The quantitative estimate of drug-likeness (QED) is 0.759. The van der Waals surface area contributed by atoms with Crippen LogP contribution in [-0.4, -0.2) is 16.5 Å². The van der Waals surface area contributed by atoms with Gasteiger partial charge in [0, 0.05) is 5.92 Å². The molecule has 0 fully saturated rings. The van der Waals surface area contributed by atoms with E-state index in [1.807, 2.05) is 36.4 Å². The van der Waals surface area contributed by atoms with Crippen molar-refractivity contribution >= 4 is 0 Å². The molecule has 2 heteroatoms. The van der Waals surface area contributed by atoms with Crippen molar-refractivity contribution in [3.63, 3.8) is 0 Å². The molecule has 2 aromatic rings. The van der Waals surface area contributed by atoms with E-state index in [0.29, 0.717) is 0 Å². The number of rotatable bonds is 7. The van der Waals surface area contributed by atoms with Gasteiger partial charge in [0.2, 0.25) is 0 Å². The molecule has 0 unspecified atom stereocenters. The smallest absolute Gasteiger partial charge is 0.154 e. The summed E-state index contributed by atoms with van der Waals surface area (Å²) in [5, 5.41) is 19.0. The average molecular weight is 270 g/mol. The van der Waals surface area contributed by atoms with Crippen molar-refractivity contribution < 1.29 is 10.2 Å². The van der Waals surface area contributed by atoms with Crippen LogP contribution in [0.2, 0.25) is 0 Å². The van der Waals surface area contributed by atoms with Gasteiger partial charge in [-0.25, -0.2) is 0 Å². The molecule has 106 valence electrons. The van der Waals surface area contributed by atoms with Crippen molar-refractivity contribution in [2.75, 3.05) is 0 Å². The van der Waals surface area contributed by atoms with Crippen molar-refractivity contribution in [2.45, 2.75) is 32.0 Å². The summed E-state index contributed by atoms with van der Waals surface area (Å²) in [6, 6.07) is 20.4. The van der Waals surface area contributed by atoms with Gasteiger partial charge in [-0.1, -0.05) is 60.7 Å². The fourth-order valence-electron chi connectivity index (χ4n) is 2.44. The molecule has 2 nitrogen and oxygen atoms in total. The van der Waals surface area contributed by atoms with Crippen LogP contribution in [-0.2, 0) is 12.8 Å². The average Bonchev–Trinajstić information content (AvgIpc) is 2.49. The van der Waals surface area contributed by atoms with Gasteiger partial charge >= 0.3 is 0 Å². The second-order valence-corrected chi connectivity index (χ2v) is 5.22. The van der Waals surface area contributed by atoms with Crippen molar-refractivity contribution in [2.24, 2.45) is 5.92 Å². The van der Waals surface area contributed by atoms with Crippen LogP contribution >= 0.6 is 0 Å². The summed E-state index contributed by atoms with van der Waals surface area (Å²) in [5.74, 6) is -0.0737. The summed E-state index contributed by atoms with van der Waals surface area (Å²) in [4.78, 5) is 0. The topological polar surface area (TPSA) is 40.5 Å². The van der Waals surface area contributed by atoms with Gasteiger partial charge < -0.3 is 10.2 Å². The lowest BCUT2D eigenvalue weighted by atomic mass is 9.92. The zero-order valence-corrected chi connectivity index (χ0v) is 11.7. The molecule has 2 N–H and O–H groups in total. The highest BCUT2D eigenvalue weighted by Gasteiger charge is 2.16. The molecular formula is C18H22O2. The van der Waals surface area contributed by atoms with Crippen molar-refractivity contribution in [1.82, 2.24) is 0 Å².